The summed E-state index contributed by atoms with van der Waals surface area (Å²) in [6, 6.07) is -0.430. The predicted molar refractivity (Wildman–Crippen MR) is 72.4 cm³/mol. The van der Waals surface area contributed by atoms with E-state index in [4.69, 9.17) is 4.74 Å². The molecule has 19 heavy (non-hydrogen) atoms. The molecular weight excluding hydrogens is 264 g/mol. The minimum absolute atomic E-state index is 0.0849. The van der Waals surface area contributed by atoms with Crippen LogP contribution in [0.1, 0.15) is 43.4 Å². The number of Topliss-reactive ketones (excluding diaryl/α,β-unsaturated/α-hetero) is 1. The molecule has 104 valence electrons. The van der Waals surface area contributed by atoms with Crippen molar-refractivity contribution in [3.63, 3.8) is 0 Å². The van der Waals surface area contributed by atoms with E-state index in [9.17, 15) is 9.59 Å². The van der Waals surface area contributed by atoms with Crippen LogP contribution in [0.5, 0.6) is 0 Å². The lowest BCUT2D eigenvalue weighted by atomic mass is 10.1. The SMILES string of the molecule is CC(C)(C)OC(=O)N1CCC[C@H]1C(=O)c1nccs1. The Balaban J connectivity index is 2.09. The molecule has 6 heteroatoms. The number of nitrogens with zero attached hydrogens (tertiary/aromatic N) is 2. The number of carbonyl (C=O) groups is 2. The van der Waals surface area contributed by atoms with Gasteiger partial charge in [0.1, 0.15) is 11.6 Å². The maximum atomic E-state index is 12.3. The summed E-state index contributed by atoms with van der Waals surface area (Å²) >= 11 is 1.31. The zero-order valence-electron chi connectivity index (χ0n) is 11.4. The van der Waals surface area contributed by atoms with E-state index in [1.165, 1.54) is 16.2 Å². The highest BCUT2D eigenvalue weighted by atomic mass is 32.1. The maximum Gasteiger partial charge on any atom is 0.410 e. The summed E-state index contributed by atoms with van der Waals surface area (Å²) in [5.41, 5.74) is -0.547. The Hall–Kier alpha value is -1.43. The molecule has 0 radical (unpaired) electrons. The van der Waals surface area contributed by atoms with Crippen LogP contribution < -0.4 is 0 Å². The molecule has 1 aliphatic heterocycles. The van der Waals surface area contributed by atoms with E-state index in [2.05, 4.69) is 4.98 Å². The Morgan fingerprint density at radius 2 is 2.21 bits per heavy atom. The van der Waals surface area contributed by atoms with Crippen LogP contribution in [0.3, 0.4) is 0 Å². The predicted octanol–water partition coefficient (Wildman–Crippen LogP) is 2.73. The van der Waals surface area contributed by atoms with Crippen molar-refractivity contribution in [3.05, 3.63) is 16.6 Å². The van der Waals surface area contributed by atoms with Gasteiger partial charge in [0.15, 0.2) is 5.01 Å². The molecule has 1 aromatic rings. The minimum atomic E-state index is -0.547. The number of aromatic nitrogens is 1. The number of hydrogen-bond acceptors (Lipinski definition) is 5. The van der Waals surface area contributed by atoms with Gasteiger partial charge in [-0.25, -0.2) is 9.78 Å². The zero-order valence-corrected chi connectivity index (χ0v) is 12.2. The molecule has 0 unspecified atom stereocenters. The summed E-state index contributed by atoms with van der Waals surface area (Å²) in [6.07, 6.45) is 2.68. The number of carbonyl (C=O) groups excluding carboxylic acids is 2. The van der Waals surface area contributed by atoms with Crippen molar-refractivity contribution in [1.29, 1.82) is 0 Å². The standard InChI is InChI=1S/C13H18N2O3S/c1-13(2,3)18-12(17)15-7-4-5-9(15)10(16)11-14-6-8-19-11/h6,8-9H,4-5,7H2,1-3H3/t9-/m0/s1. The molecule has 1 fully saturated rings. The van der Waals surface area contributed by atoms with Crippen molar-refractivity contribution in [1.82, 2.24) is 9.88 Å². The molecule has 0 N–H and O–H groups in total. The molecule has 0 saturated carbocycles. The third-order valence-corrected chi connectivity index (χ3v) is 3.61. The average Bonchev–Trinajstić information content (AvgIpc) is 2.97. The van der Waals surface area contributed by atoms with Gasteiger partial charge < -0.3 is 4.74 Å². The van der Waals surface area contributed by atoms with Crippen LogP contribution in [0.2, 0.25) is 0 Å². The van der Waals surface area contributed by atoms with E-state index < -0.39 is 17.7 Å². The van der Waals surface area contributed by atoms with Crippen LogP contribution in [0, 0.1) is 0 Å². The minimum Gasteiger partial charge on any atom is -0.444 e. The lowest BCUT2D eigenvalue weighted by molar-refractivity contribution is 0.0222. The number of hydrogen-bond donors (Lipinski definition) is 0. The lowest BCUT2D eigenvalue weighted by Crippen LogP contribution is -2.43. The monoisotopic (exact) mass is 282 g/mol. The smallest absolute Gasteiger partial charge is 0.410 e. The van der Waals surface area contributed by atoms with Crippen molar-refractivity contribution < 1.29 is 14.3 Å². The normalized spacial score (nSPS) is 19.5. The number of rotatable bonds is 2. The first-order chi connectivity index (χ1) is 8.88. The molecule has 0 bridgehead atoms. The molecule has 0 spiro atoms. The van der Waals surface area contributed by atoms with Gasteiger partial charge in [0.2, 0.25) is 5.78 Å². The van der Waals surface area contributed by atoms with Gasteiger partial charge in [0.05, 0.1) is 0 Å². The summed E-state index contributed by atoms with van der Waals surface area (Å²) in [5, 5.41) is 2.22. The fourth-order valence-corrected chi connectivity index (χ4v) is 2.69. The maximum absolute atomic E-state index is 12.3. The van der Waals surface area contributed by atoms with Crippen molar-refractivity contribution >= 4 is 23.2 Å². The van der Waals surface area contributed by atoms with Crippen molar-refractivity contribution in [3.8, 4) is 0 Å². The van der Waals surface area contributed by atoms with E-state index in [0.29, 0.717) is 18.0 Å². The average molecular weight is 282 g/mol. The van der Waals surface area contributed by atoms with Gasteiger partial charge >= 0.3 is 6.09 Å². The van der Waals surface area contributed by atoms with Crippen LogP contribution in [-0.4, -0.2) is 39.9 Å². The number of thiazole rings is 1. The second kappa shape index (κ2) is 5.28. The number of ether oxygens (including phenoxy) is 1. The topological polar surface area (TPSA) is 59.5 Å². The summed E-state index contributed by atoms with van der Waals surface area (Å²) in [7, 11) is 0. The van der Waals surface area contributed by atoms with Crippen LogP contribution in [0.15, 0.2) is 11.6 Å². The van der Waals surface area contributed by atoms with E-state index in [0.717, 1.165) is 6.42 Å². The number of ketones is 1. The van der Waals surface area contributed by atoms with Gasteiger partial charge in [0.25, 0.3) is 0 Å². The van der Waals surface area contributed by atoms with Crippen molar-refractivity contribution in [2.24, 2.45) is 0 Å². The highest BCUT2D eigenvalue weighted by Crippen LogP contribution is 2.24. The Morgan fingerprint density at radius 1 is 1.47 bits per heavy atom. The van der Waals surface area contributed by atoms with E-state index in [1.807, 2.05) is 20.8 Å². The highest BCUT2D eigenvalue weighted by Gasteiger charge is 2.37. The molecular formula is C13H18N2O3S. The largest absolute Gasteiger partial charge is 0.444 e. The zero-order chi connectivity index (χ0) is 14.0. The molecule has 1 aliphatic rings. The van der Waals surface area contributed by atoms with Gasteiger partial charge in [-0.1, -0.05) is 0 Å². The second-order valence-corrected chi connectivity index (χ2v) is 6.43. The summed E-state index contributed by atoms with van der Waals surface area (Å²) in [5.74, 6) is -0.0849. The van der Waals surface area contributed by atoms with Gasteiger partial charge in [-0.3, -0.25) is 9.69 Å². The number of amides is 1. The molecule has 1 aromatic heterocycles. The molecule has 1 saturated heterocycles. The Bertz CT molecular complexity index is 465. The molecule has 1 atom stereocenters. The fraction of sp³-hybridized carbons (Fsp3) is 0.615. The quantitative estimate of drug-likeness (QED) is 0.783. The van der Waals surface area contributed by atoms with Gasteiger partial charge in [-0.05, 0) is 33.6 Å². The van der Waals surface area contributed by atoms with E-state index in [-0.39, 0.29) is 5.78 Å². The Kier molecular flexibility index (Phi) is 3.89. The highest BCUT2D eigenvalue weighted by molar-refractivity contribution is 7.11. The van der Waals surface area contributed by atoms with Crippen molar-refractivity contribution in [2.45, 2.75) is 45.3 Å². The molecule has 0 aromatic carbocycles. The lowest BCUT2D eigenvalue weighted by Gasteiger charge is -2.27. The fourth-order valence-electron chi connectivity index (χ4n) is 2.07. The second-order valence-electron chi connectivity index (χ2n) is 5.53. The van der Waals surface area contributed by atoms with Crippen LogP contribution in [-0.2, 0) is 4.74 Å². The summed E-state index contributed by atoms with van der Waals surface area (Å²) in [4.78, 5) is 29.9. The molecule has 5 nitrogen and oxygen atoms in total. The van der Waals surface area contributed by atoms with Gasteiger partial charge in [-0.2, -0.15) is 0 Å². The first-order valence-corrected chi connectivity index (χ1v) is 7.20. The number of likely N-dealkylation sites (tertiary alicyclic amines) is 1. The molecule has 1 amide bonds. The van der Waals surface area contributed by atoms with Crippen molar-refractivity contribution in [2.75, 3.05) is 6.54 Å². The first kappa shape index (κ1) is 14.0. The summed E-state index contributed by atoms with van der Waals surface area (Å²) < 4.78 is 5.34. The van der Waals surface area contributed by atoms with Gasteiger partial charge in [0, 0.05) is 18.1 Å². The van der Waals surface area contributed by atoms with Crippen LogP contribution in [0.4, 0.5) is 4.79 Å². The Morgan fingerprint density at radius 3 is 2.79 bits per heavy atom. The summed E-state index contributed by atoms with van der Waals surface area (Å²) in [6.45, 7) is 6.02. The molecule has 2 heterocycles. The molecule has 2 rings (SSSR count). The first-order valence-electron chi connectivity index (χ1n) is 6.32. The third kappa shape index (κ3) is 3.32. The van der Waals surface area contributed by atoms with E-state index in [1.54, 1.807) is 11.6 Å². The molecule has 0 aliphatic carbocycles. The van der Waals surface area contributed by atoms with Crippen LogP contribution in [0.25, 0.3) is 0 Å². The Labute approximate surface area is 116 Å². The third-order valence-electron chi connectivity index (χ3n) is 2.83. The van der Waals surface area contributed by atoms with E-state index >= 15 is 0 Å². The van der Waals surface area contributed by atoms with Crippen LogP contribution >= 0.6 is 11.3 Å². The van der Waals surface area contributed by atoms with Gasteiger partial charge in [-0.15, -0.1) is 11.3 Å².